The minimum Gasteiger partial charge on any atom is -0.487 e. The van der Waals surface area contributed by atoms with E-state index in [1.165, 1.54) is 12.1 Å². The largest absolute Gasteiger partial charge is 0.487 e. The number of ether oxygens (including phenoxy) is 1. The number of nitrogens with zero attached hydrogens (tertiary/aromatic N) is 1. The van der Waals surface area contributed by atoms with Crippen LogP contribution >= 0.6 is 11.6 Å². The highest BCUT2D eigenvalue weighted by Gasteiger charge is 2.16. The number of nitro benzene ring substituents is 1. The summed E-state index contributed by atoms with van der Waals surface area (Å²) in [5, 5.41) is 10.9. The summed E-state index contributed by atoms with van der Waals surface area (Å²) in [6, 6.07) is 12.1. The zero-order valence-corrected chi connectivity index (χ0v) is 12.6. The number of hydrogen-bond donors (Lipinski definition) is 1. The molecule has 0 saturated carbocycles. The molecule has 0 aliphatic rings. The maximum absolute atomic E-state index is 10.7. The van der Waals surface area contributed by atoms with Gasteiger partial charge in [0.1, 0.15) is 18.0 Å². The number of nitrogen functional groups attached to an aromatic ring is 1. The predicted octanol–water partition coefficient (Wildman–Crippen LogP) is 4.44. The van der Waals surface area contributed by atoms with Crippen molar-refractivity contribution in [1.82, 2.24) is 0 Å². The minimum atomic E-state index is -0.581. The highest BCUT2D eigenvalue weighted by atomic mass is 35.5. The van der Waals surface area contributed by atoms with Crippen LogP contribution in [0.5, 0.6) is 5.75 Å². The molecule has 0 heterocycles. The number of nitrogens with two attached hydrogens (primary N) is 1. The van der Waals surface area contributed by atoms with Gasteiger partial charge in [-0.15, -0.1) is 0 Å². The van der Waals surface area contributed by atoms with Gasteiger partial charge in [0.25, 0.3) is 5.69 Å². The van der Waals surface area contributed by atoms with Gasteiger partial charge in [0.2, 0.25) is 0 Å². The second-order valence-corrected chi connectivity index (χ2v) is 4.28. The molecule has 2 aromatic rings. The zero-order valence-electron chi connectivity index (χ0n) is 11.9. The Morgan fingerprint density at radius 1 is 1.24 bits per heavy atom. The van der Waals surface area contributed by atoms with Crippen LogP contribution in [-0.2, 0) is 6.61 Å². The third-order valence-electron chi connectivity index (χ3n) is 2.52. The van der Waals surface area contributed by atoms with Gasteiger partial charge >= 0.3 is 0 Å². The molecule has 0 saturated heterocycles. The fourth-order valence-corrected chi connectivity index (χ4v) is 1.78. The molecule has 0 aliphatic carbocycles. The van der Waals surface area contributed by atoms with Crippen LogP contribution in [0.15, 0.2) is 42.5 Å². The molecule has 2 rings (SSSR count). The fourth-order valence-electron chi connectivity index (χ4n) is 1.56. The molecule has 2 aromatic carbocycles. The smallest absolute Gasteiger partial charge is 0.293 e. The molecule has 0 fully saturated rings. The Balaban J connectivity index is 0.00000106. The van der Waals surface area contributed by atoms with Gasteiger partial charge in [-0.3, -0.25) is 10.1 Å². The third kappa shape index (κ3) is 4.65. The second-order valence-electron chi connectivity index (χ2n) is 3.87. The minimum absolute atomic E-state index is 0.0254. The molecule has 0 aromatic heterocycles. The fraction of sp³-hybridized carbons (Fsp3) is 0.200. The summed E-state index contributed by atoms with van der Waals surface area (Å²) < 4.78 is 5.50. The van der Waals surface area contributed by atoms with Crippen molar-refractivity contribution < 1.29 is 9.66 Å². The molecule has 0 aliphatic heterocycles. The molecule has 2 N–H and O–H groups in total. The van der Waals surface area contributed by atoms with Gasteiger partial charge in [-0.1, -0.05) is 55.8 Å². The van der Waals surface area contributed by atoms with Crippen LogP contribution in [0, 0.1) is 10.1 Å². The van der Waals surface area contributed by atoms with E-state index in [4.69, 9.17) is 22.1 Å². The van der Waals surface area contributed by atoms with Crippen LogP contribution in [0.2, 0.25) is 5.02 Å². The van der Waals surface area contributed by atoms with Crippen molar-refractivity contribution in [2.24, 2.45) is 0 Å². The van der Waals surface area contributed by atoms with Gasteiger partial charge in [-0.2, -0.15) is 0 Å². The highest BCUT2D eigenvalue weighted by Crippen LogP contribution is 2.34. The summed E-state index contributed by atoms with van der Waals surface area (Å²) in [7, 11) is 0. The number of anilines is 1. The second kappa shape index (κ2) is 8.11. The summed E-state index contributed by atoms with van der Waals surface area (Å²) in [5.41, 5.74) is 6.35. The topological polar surface area (TPSA) is 78.4 Å². The lowest BCUT2D eigenvalue weighted by Crippen LogP contribution is -1.99. The normalized spacial score (nSPS) is 9.48. The van der Waals surface area contributed by atoms with E-state index in [9.17, 15) is 10.1 Å². The molecular weight excluding hydrogens is 292 g/mol. The van der Waals surface area contributed by atoms with Crippen LogP contribution in [-0.4, -0.2) is 4.92 Å². The van der Waals surface area contributed by atoms with Crippen molar-refractivity contribution >= 4 is 23.0 Å². The van der Waals surface area contributed by atoms with Gasteiger partial charge in [0, 0.05) is 12.1 Å². The Labute approximate surface area is 128 Å². The van der Waals surface area contributed by atoms with Gasteiger partial charge in [0.15, 0.2) is 0 Å². The first kappa shape index (κ1) is 16.8. The molecule has 0 amide bonds. The van der Waals surface area contributed by atoms with Crippen molar-refractivity contribution in [3.8, 4) is 5.75 Å². The number of nitro groups is 1. The van der Waals surface area contributed by atoms with Gasteiger partial charge < -0.3 is 10.5 Å². The van der Waals surface area contributed by atoms with Crippen LogP contribution in [0.25, 0.3) is 0 Å². The van der Waals surface area contributed by atoms with Crippen molar-refractivity contribution in [3.05, 3.63) is 63.2 Å². The van der Waals surface area contributed by atoms with Gasteiger partial charge in [-0.05, 0) is 5.56 Å². The van der Waals surface area contributed by atoms with E-state index >= 15 is 0 Å². The van der Waals surface area contributed by atoms with Crippen LogP contribution in [0.4, 0.5) is 11.4 Å². The predicted molar refractivity (Wildman–Crippen MR) is 84.6 cm³/mol. The van der Waals surface area contributed by atoms with Crippen LogP contribution < -0.4 is 10.5 Å². The lowest BCUT2D eigenvalue weighted by Gasteiger charge is -2.09. The summed E-state index contributed by atoms with van der Waals surface area (Å²) in [6.07, 6.45) is 0. The summed E-state index contributed by atoms with van der Waals surface area (Å²) >= 11 is 5.93. The first-order valence-corrected chi connectivity index (χ1v) is 6.86. The van der Waals surface area contributed by atoms with Gasteiger partial charge in [-0.25, -0.2) is 0 Å². The van der Waals surface area contributed by atoms with Crippen molar-refractivity contribution in [1.29, 1.82) is 0 Å². The van der Waals surface area contributed by atoms with Crippen molar-refractivity contribution in [2.75, 3.05) is 5.73 Å². The Morgan fingerprint density at radius 2 is 1.86 bits per heavy atom. The van der Waals surface area contributed by atoms with E-state index in [1.54, 1.807) is 0 Å². The Hall–Kier alpha value is -2.27. The maximum Gasteiger partial charge on any atom is 0.293 e. The zero-order chi connectivity index (χ0) is 15.8. The summed E-state index contributed by atoms with van der Waals surface area (Å²) in [4.78, 5) is 10.1. The summed E-state index contributed by atoms with van der Waals surface area (Å²) in [6.45, 7) is 4.32. The summed E-state index contributed by atoms with van der Waals surface area (Å²) in [5.74, 6) is 0.327. The van der Waals surface area contributed by atoms with E-state index in [0.29, 0.717) is 12.4 Å². The lowest BCUT2D eigenvalue weighted by atomic mass is 10.2. The highest BCUT2D eigenvalue weighted by molar-refractivity contribution is 6.32. The lowest BCUT2D eigenvalue weighted by molar-refractivity contribution is -0.383. The first-order chi connectivity index (χ1) is 10.1. The van der Waals surface area contributed by atoms with Crippen molar-refractivity contribution in [3.63, 3.8) is 0 Å². The SMILES string of the molecule is CC.Nc1cc(OCc2ccccc2)c(Cl)cc1[N+](=O)[O-]. The standard InChI is InChI=1S/C13H11ClN2O3.C2H6/c14-10-6-12(16(17)18)11(15)7-13(10)19-8-9-4-2-1-3-5-9;1-2/h1-7H,8,15H2;1-2H3. The van der Waals surface area contributed by atoms with Crippen LogP contribution in [0.1, 0.15) is 19.4 Å². The van der Waals surface area contributed by atoms with E-state index < -0.39 is 4.92 Å². The molecular formula is C15H17ClN2O3. The molecule has 6 heteroatoms. The third-order valence-corrected chi connectivity index (χ3v) is 2.81. The Bertz CT molecular complexity index is 603. The average Bonchev–Trinajstić information content (AvgIpc) is 2.50. The van der Waals surface area contributed by atoms with E-state index in [-0.39, 0.29) is 16.4 Å². The van der Waals surface area contributed by atoms with Crippen molar-refractivity contribution in [2.45, 2.75) is 20.5 Å². The monoisotopic (exact) mass is 308 g/mol. The molecule has 5 nitrogen and oxygen atoms in total. The van der Waals surface area contributed by atoms with Gasteiger partial charge in [0.05, 0.1) is 9.95 Å². The molecule has 21 heavy (non-hydrogen) atoms. The molecule has 0 spiro atoms. The number of benzene rings is 2. The molecule has 0 radical (unpaired) electrons. The van der Waals surface area contributed by atoms with E-state index in [2.05, 4.69) is 0 Å². The quantitative estimate of drug-likeness (QED) is 0.514. The average molecular weight is 309 g/mol. The van der Waals surface area contributed by atoms with Crippen LogP contribution in [0.3, 0.4) is 0 Å². The van der Waals surface area contributed by atoms with E-state index in [1.807, 2.05) is 44.2 Å². The number of halogens is 1. The first-order valence-electron chi connectivity index (χ1n) is 6.48. The Kier molecular flexibility index (Phi) is 6.49. The molecule has 0 bridgehead atoms. The molecule has 0 atom stereocenters. The maximum atomic E-state index is 10.7. The molecule has 112 valence electrons. The number of hydrogen-bond acceptors (Lipinski definition) is 4. The number of rotatable bonds is 4. The Morgan fingerprint density at radius 3 is 2.43 bits per heavy atom. The molecule has 0 unspecified atom stereocenters. The van der Waals surface area contributed by atoms with E-state index in [0.717, 1.165) is 5.56 Å².